The van der Waals surface area contributed by atoms with Crippen molar-refractivity contribution in [3.8, 4) is 0 Å². The molecule has 0 aliphatic carbocycles. The van der Waals surface area contributed by atoms with E-state index in [1.165, 1.54) is 25.8 Å². The quantitative estimate of drug-likeness (QED) is 0.637. The fourth-order valence-electron chi connectivity index (χ4n) is 4.55. The highest BCUT2D eigenvalue weighted by atomic mass is 32.2. The molecule has 1 N–H and O–H groups in total. The lowest BCUT2D eigenvalue weighted by atomic mass is 9.94. The van der Waals surface area contributed by atoms with Crippen LogP contribution in [0.25, 0.3) is 0 Å². The lowest BCUT2D eigenvalue weighted by Gasteiger charge is -2.33. The van der Waals surface area contributed by atoms with Gasteiger partial charge in [0, 0.05) is 38.6 Å². The second kappa shape index (κ2) is 10.7. The zero-order valence-electron chi connectivity index (χ0n) is 18.5. The Morgan fingerprint density at radius 3 is 2.43 bits per heavy atom. The highest BCUT2D eigenvalue weighted by Crippen LogP contribution is 2.25. The first-order valence-electron chi connectivity index (χ1n) is 11.4. The van der Waals surface area contributed by atoms with E-state index in [-0.39, 0.29) is 11.8 Å². The van der Waals surface area contributed by atoms with Gasteiger partial charge in [-0.05, 0) is 70.5 Å². The van der Waals surface area contributed by atoms with Crippen LogP contribution in [0.5, 0.6) is 0 Å². The summed E-state index contributed by atoms with van der Waals surface area (Å²) >= 11 is 0. The molecule has 0 saturated carbocycles. The summed E-state index contributed by atoms with van der Waals surface area (Å²) in [5.41, 5.74) is 1.05. The van der Waals surface area contributed by atoms with Crippen molar-refractivity contribution in [1.29, 1.82) is 0 Å². The molecule has 30 heavy (non-hydrogen) atoms. The van der Waals surface area contributed by atoms with Crippen molar-refractivity contribution < 1.29 is 13.2 Å². The smallest absolute Gasteiger partial charge is 0.243 e. The van der Waals surface area contributed by atoms with Crippen molar-refractivity contribution in [2.24, 2.45) is 5.92 Å². The molecule has 6 nitrogen and oxygen atoms in total. The molecule has 1 aromatic carbocycles. The van der Waals surface area contributed by atoms with Crippen LogP contribution in [0, 0.1) is 12.8 Å². The third-order valence-electron chi connectivity index (χ3n) is 6.59. The predicted octanol–water partition coefficient (Wildman–Crippen LogP) is 3.17. The molecule has 2 saturated heterocycles. The van der Waals surface area contributed by atoms with Gasteiger partial charge in [-0.25, -0.2) is 8.42 Å². The molecule has 1 atom stereocenters. The highest BCUT2D eigenvalue weighted by molar-refractivity contribution is 7.89. The molecule has 7 heteroatoms. The molecular formula is C23H37N3O3S. The molecular weight excluding hydrogens is 398 g/mol. The van der Waals surface area contributed by atoms with Gasteiger partial charge in [0.2, 0.25) is 15.9 Å². The van der Waals surface area contributed by atoms with Gasteiger partial charge in [0.1, 0.15) is 0 Å². The van der Waals surface area contributed by atoms with Crippen LogP contribution in [0.15, 0.2) is 29.2 Å². The Bertz CT molecular complexity index is 786. The molecule has 0 spiro atoms. The van der Waals surface area contributed by atoms with Crippen LogP contribution in [-0.2, 0) is 14.8 Å². The van der Waals surface area contributed by atoms with Gasteiger partial charge in [0.05, 0.1) is 4.90 Å². The maximum atomic E-state index is 12.8. The number of piperidine rings is 2. The Morgan fingerprint density at radius 1 is 1.07 bits per heavy atom. The third-order valence-corrected chi connectivity index (χ3v) is 8.50. The third kappa shape index (κ3) is 6.28. The first kappa shape index (κ1) is 23.2. The molecule has 2 heterocycles. The minimum absolute atomic E-state index is 0.0986. The average Bonchev–Trinajstić information content (AvgIpc) is 2.73. The summed E-state index contributed by atoms with van der Waals surface area (Å²) in [7, 11) is -3.44. The van der Waals surface area contributed by atoms with E-state index in [1.54, 1.807) is 16.4 Å². The normalized spacial score (nSPS) is 22.1. The Morgan fingerprint density at radius 2 is 1.77 bits per heavy atom. The Balaban J connectivity index is 1.36. The van der Waals surface area contributed by atoms with Crippen LogP contribution in [0.3, 0.4) is 0 Å². The molecule has 1 amide bonds. The SMILES string of the molecule is Cc1ccc(S(=O)(=O)N2CCC(CC(=O)NCCCN3CCCC[C@H]3C)CC2)cc1. The van der Waals surface area contributed by atoms with E-state index >= 15 is 0 Å². The Kier molecular flexibility index (Phi) is 8.31. The summed E-state index contributed by atoms with van der Waals surface area (Å²) in [5.74, 6) is 0.359. The predicted molar refractivity (Wildman–Crippen MR) is 120 cm³/mol. The highest BCUT2D eigenvalue weighted by Gasteiger charge is 2.30. The minimum atomic E-state index is -3.44. The number of carbonyl (C=O) groups is 1. The molecule has 1 aromatic rings. The van der Waals surface area contributed by atoms with Gasteiger partial charge in [-0.3, -0.25) is 4.79 Å². The zero-order chi connectivity index (χ0) is 21.6. The number of likely N-dealkylation sites (tertiary alicyclic amines) is 1. The number of hydrogen-bond donors (Lipinski definition) is 1. The van der Waals surface area contributed by atoms with E-state index < -0.39 is 10.0 Å². The number of nitrogens with one attached hydrogen (secondary N) is 1. The molecule has 168 valence electrons. The molecule has 0 bridgehead atoms. The van der Waals surface area contributed by atoms with Crippen LogP contribution in [0.1, 0.15) is 57.4 Å². The van der Waals surface area contributed by atoms with Crippen LogP contribution < -0.4 is 5.32 Å². The fraction of sp³-hybridized carbons (Fsp3) is 0.696. The first-order valence-corrected chi connectivity index (χ1v) is 12.9. The number of sulfonamides is 1. The lowest BCUT2D eigenvalue weighted by molar-refractivity contribution is -0.122. The number of hydrogen-bond acceptors (Lipinski definition) is 4. The molecule has 2 fully saturated rings. The van der Waals surface area contributed by atoms with Crippen molar-refractivity contribution in [2.75, 3.05) is 32.7 Å². The van der Waals surface area contributed by atoms with Crippen molar-refractivity contribution in [3.63, 3.8) is 0 Å². The zero-order valence-corrected chi connectivity index (χ0v) is 19.3. The summed E-state index contributed by atoms with van der Waals surface area (Å²) in [6.07, 6.45) is 6.87. The summed E-state index contributed by atoms with van der Waals surface area (Å²) in [5, 5.41) is 3.06. The molecule has 0 unspecified atom stereocenters. The number of nitrogens with zero attached hydrogens (tertiary/aromatic N) is 2. The first-order chi connectivity index (χ1) is 14.4. The average molecular weight is 436 g/mol. The van der Waals surface area contributed by atoms with E-state index in [1.807, 2.05) is 19.1 Å². The van der Waals surface area contributed by atoms with Gasteiger partial charge in [0.15, 0.2) is 0 Å². The topological polar surface area (TPSA) is 69.7 Å². The van der Waals surface area contributed by atoms with E-state index in [0.29, 0.717) is 30.4 Å². The van der Waals surface area contributed by atoms with Crippen LogP contribution >= 0.6 is 0 Å². The molecule has 0 radical (unpaired) electrons. The molecule has 3 rings (SSSR count). The van der Waals surface area contributed by atoms with E-state index in [4.69, 9.17) is 0 Å². The Labute approximate surface area is 182 Å². The molecule has 0 aromatic heterocycles. The number of aryl methyl sites for hydroxylation is 1. The monoisotopic (exact) mass is 435 g/mol. The van der Waals surface area contributed by atoms with Crippen molar-refractivity contribution >= 4 is 15.9 Å². The number of rotatable bonds is 8. The number of benzene rings is 1. The van der Waals surface area contributed by atoms with Crippen LogP contribution in [0.2, 0.25) is 0 Å². The van der Waals surface area contributed by atoms with Gasteiger partial charge >= 0.3 is 0 Å². The Hall–Kier alpha value is -1.44. The van der Waals surface area contributed by atoms with Gasteiger partial charge in [0.25, 0.3) is 0 Å². The van der Waals surface area contributed by atoms with Gasteiger partial charge in [-0.2, -0.15) is 4.31 Å². The van der Waals surface area contributed by atoms with E-state index in [9.17, 15) is 13.2 Å². The second-order valence-electron chi connectivity index (χ2n) is 8.95. The van der Waals surface area contributed by atoms with Crippen LogP contribution in [0.4, 0.5) is 0 Å². The summed E-state index contributed by atoms with van der Waals surface area (Å²) in [6.45, 7) is 8.17. The summed E-state index contributed by atoms with van der Waals surface area (Å²) < 4.78 is 27.2. The number of amides is 1. The lowest BCUT2D eigenvalue weighted by Crippen LogP contribution is -2.40. The maximum Gasteiger partial charge on any atom is 0.243 e. The van der Waals surface area contributed by atoms with E-state index in [2.05, 4.69) is 17.1 Å². The van der Waals surface area contributed by atoms with Crippen molar-refractivity contribution in [3.05, 3.63) is 29.8 Å². The van der Waals surface area contributed by atoms with Crippen molar-refractivity contribution in [1.82, 2.24) is 14.5 Å². The number of carbonyl (C=O) groups excluding carboxylic acids is 1. The van der Waals surface area contributed by atoms with Gasteiger partial charge in [-0.15, -0.1) is 0 Å². The minimum Gasteiger partial charge on any atom is -0.356 e. The van der Waals surface area contributed by atoms with Crippen LogP contribution in [-0.4, -0.2) is 62.3 Å². The standard InChI is InChI=1S/C23H37N3O3S/c1-19-7-9-22(10-8-19)30(28,29)26-16-11-21(12-17-26)18-23(27)24-13-5-15-25-14-4-3-6-20(25)2/h7-10,20-21H,3-6,11-18H2,1-2H3,(H,24,27)/t20-/m1/s1. The maximum absolute atomic E-state index is 12.8. The molecule has 2 aliphatic rings. The second-order valence-corrected chi connectivity index (χ2v) is 10.9. The fourth-order valence-corrected chi connectivity index (χ4v) is 6.02. The summed E-state index contributed by atoms with van der Waals surface area (Å²) in [6, 6.07) is 7.67. The summed E-state index contributed by atoms with van der Waals surface area (Å²) in [4.78, 5) is 15.2. The largest absolute Gasteiger partial charge is 0.356 e. The molecule has 2 aliphatic heterocycles. The van der Waals surface area contributed by atoms with Gasteiger partial charge in [-0.1, -0.05) is 24.1 Å². The van der Waals surface area contributed by atoms with Crippen molar-refractivity contribution in [2.45, 2.75) is 69.7 Å². The van der Waals surface area contributed by atoms with Gasteiger partial charge < -0.3 is 10.2 Å². The van der Waals surface area contributed by atoms with E-state index in [0.717, 1.165) is 37.9 Å².